The lowest BCUT2D eigenvalue weighted by Crippen LogP contribution is -2.27. The lowest BCUT2D eigenvalue weighted by Gasteiger charge is -2.14. The Balaban J connectivity index is 3.47. The summed E-state index contributed by atoms with van der Waals surface area (Å²) in [6, 6.07) is 0.365. The SMILES string of the molecule is CCCCCC(CCCC)N[C]=O. The molecule has 13 heavy (non-hydrogen) atoms. The zero-order valence-corrected chi connectivity index (χ0v) is 8.94. The number of carbonyl (C=O) groups excluding carboxylic acids is 1. The summed E-state index contributed by atoms with van der Waals surface area (Å²) in [5.74, 6) is 0. The first-order valence-electron chi connectivity index (χ1n) is 5.47. The van der Waals surface area contributed by atoms with Crippen molar-refractivity contribution < 1.29 is 4.79 Å². The number of hydrogen-bond acceptors (Lipinski definition) is 1. The lowest BCUT2D eigenvalue weighted by atomic mass is 10.0. The molecule has 1 atom stereocenters. The molecule has 0 saturated carbocycles. The zero-order valence-electron chi connectivity index (χ0n) is 8.94. The van der Waals surface area contributed by atoms with Crippen LogP contribution in [0.15, 0.2) is 0 Å². The molecule has 0 aliphatic rings. The molecule has 1 radical (unpaired) electrons. The average Bonchev–Trinajstić information content (AvgIpc) is 2.14. The van der Waals surface area contributed by atoms with Gasteiger partial charge >= 0.3 is 6.41 Å². The molecule has 0 spiro atoms. The fourth-order valence-corrected chi connectivity index (χ4v) is 1.46. The summed E-state index contributed by atoms with van der Waals surface area (Å²) >= 11 is 0. The van der Waals surface area contributed by atoms with E-state index in [2.05, 4.69) is 19.2 Å². The highest BCUT2D eigenvalue weighted by Crippen LogP contribution is 2.09. The summed E-state index contributed by atoms with van der Waals surface area (Å²) in [6.45, 7) is 4.37. The minimum Gasteiger partial charge on any atom is -0.345 e. The van der Waals surface area contributed by atoms with Crippen molar-refractivity contribution in [2.75, 3.05) is 0 Å². The Morgan fingerprint density at radius 2 is 1.69 bits per heavy atom. The van der Waals surface area contributed by atoms with Crippen molar-refractivity contribution in [3.8, 4) is 0 Å². The number of nitrogens with one attached hydrogen (secondary N) is 1. The van der Waals surface area contributed by atoms with Crippen LogP contribution in [-0.2, 0) is 4.79 Å². The van der Waals surface area contributed by atoms with E-state index >= 15 is 0 Å². The molecule has 0 rings (SSSR count). The van der Waals surface area contributed by atoms with E-state index in [9.17, 15) is 4.79 Å². The summed E-state index contributed by atoms with van der Waals surface area (Å²) < 4.78 is 0. The van der Waals surface area contributed by atoms with Gasteiger partial charge in [-0.1, -0.05) is 46.0 Å². The molecule has 0 aromatic heterocycles. The highest BCUT2D eigenvalue weighted by molar-refractivity contribution is 5.47. The van der Waals surface area contributed by atoms with Crippen LogP contribution >= 0.6 is 0 Å². The molecule has 1 unspecified atom stereocenters. The molecule has 0 bridgehead atoms. The maximum Gasteiger partial charge on any atom is 0.309 e. The predicted molar refractivity (Wildman–Crippen MR) is 56.3 cm³/mol. The molecule has 1 N–H and O–H groups in total. The van der Waals surface area contributed by atoms with Crippen molar-refractivity contribution >= 4 is 6.41 Å². The second kappa shape index (κ2) is 9.56. The Labute approximate surface area is 82.1 Å². The van der Waals surface area contributed by atoms with Crippen molar-refractivity contribution in [1.29, 1.82) is 0 Å². The van der Waals surface area contributed by atoms with Gasteiger partial charge < -0.3 is 5.32 Å². The van der Waals surface area contributed by atoms with Gasteiger partial charge in [-0.05, 0) is 12.8 Å². The van der Waals surface area contributed by atoms with Crippen LogP contribution in [-0.4, -0.2) is 12.5 Å². The second-order valence-electron chi connectivity index (χ2n) is 3.58. The maximum atomic E-state index is 10.2. The van der Waals surface area contributed by atoms with Crippen LogP contribution in [0.4, 0.5) is 0 Å². The van der Waals surface area contributed by atoms with Crippen LogP contribution in [0.5, 0.6) is 0 Å². The summed E-state index contributed by atoms with van der Waals surface area (Å²) in [6.07, 6.45) is 10.2. The highest BCUT2D eigenvalue weighted by atomic mass is 16.1. The first kappa shape index (κ1) is 12.5. The molecule has 77 valence electrons. The lowest BCUT2D eigenvalue weighted by molar-refractivity contribution is 0.454. The maximum absolute atomic E-state index is 10.2. The summed E-state index contributed by atoms with van der Waals surface area (Å²) in [5, 5.41) is 2.77. The van der Waals surface area contributed by atoms with Crippen LogP contribution in [0.25, 0.3) is 0 Å². The molecule has 0 aliphatic heterocycles. The first-order valence-corrected chi connectivity index (χ1v) is 5.47. The highest BCUT2D eigenvalue weighted by Gasteiger charge is 2.05. The van der Waals surface area contributed by atoms with Crippen molar-refractivity contribution in [2.45, 2.75) is 64.8 Å². The molecule has 0 aromatic rings. The Bertz CT molecular complexity index is 115. The monoisotopic (exact) mass is 184 g/mol. The first-order chi connectivity index (χ1) is 6.35. The average molecular weight is 184 g/mol. The van der Waals surface area contributed by atoms with Crippen molar-refractivity contribution in [2.24, 2.45) is 0 Å². The molecular formula is C11H22NO. The van der Waals surface area contributed by atoms with Crippen LogP contribution in [0.3, 0.4) is 0 Å². The molecule has 0 fully saturated rings. The summed E-state index contributed by atoms with van der Waals surface area (Å²) in [5.41, 5.74) is 0. The quantitative estimate of drug-likeness (QED) is 0.433. The minimum absolute atomic E-state index is 0.365. The molecule has 0 aromatic carbocycles. The van der Waals surface area contributed by atoms with Crippen LogP contribution in [0.2, 0.25) is 0 Å². The van der Waals surface area contributed by atoms with Crippen molar-refractivity contribution in [3.05, 3.63) is 0 Å². The fourth-order valence-electron chi connectivity index (χ4n) is 1.46. The van der Waals surface area contributed by atoms with Crippen LogP contribution < -0.4 is 5.32 Å². The van der Waals surface area contributed by atoms with Gasteiger partial charge in [-0.25, -0.2) is 0 Å². The third-order valence-corrected chi connectivity index (χ3v) is 2.33. The van der Waals surface area contributed by atoms with Gasteiger partial charge in [-0.3, -0.25) is 4.79 Å². The second-order valence-corrected chi connectivity index (χ2v) is 3.58. The standard InChI is InChI=1S/C11H22NO/c1-3-5-7-9-11(12-10-13)8-6-4-2/h11H,3-9H2,1-2H3,(H,12,13). The molecule has 2 nitrogen and oxygen atoms in total. The number of amides is 1. The van der Waals surface area contributed by atoms with E-state index in [1.165, 1.54) is 32.1 Å². The summed E-state index contributed by atoms with van der Waals surface area (Å²) in [7, 11) is 0. The van der Waals surface area contributed by atoms with Gasteiger partial charge in [0.2, 0.25) is 0 Å². The van der Waals surface area contributed by atoms with E-state index in [4.69, 9.17) is 0 Å². The van der Waals surface area contributed by atoms with Gasteiger partial charge in [0.05, 0.1) is 0 Å². The van der Waals surface area contributed by atoms with Gasteiger partial charge in [0.15, 0.2) is 0 Å². The van der Waals surface area contributed by atoms with Gasteiger partial charge in [0.1, 0.15) is 0 Å². The van der Waals surface area contributed by atoms with Gasteiger partial charge in [0.25, 0.3) is 0 Å². The van der Waals surface area contributed by atoms with Crippen molar-refractivity contribution in [1.82, 2.24) is 5.32 Å². The normalized spacial score (nSPS) is 12.5. The molecule has 0 saturated heterocycles. The van der Waals surface area contributed by atoms with Gasteiger partial charge in [-0.2, -0.15) is 0 Å². The molecular weight excluding hydrogens is 162 g/mol. The Morgan fingerprint density at radius 3 is 2.23 bits per heavy atom. The largest absolute Gasteiger partial charge is 0.345 e. The van der Waals surface area contributed by atoms with Crippen LogP contribution in [0.1, 0.15) is 58.8 Å². The van der Waals surface area contributed by atoms with E-state index in [1.807, 2.05) is 0 Å². The van der Waals surface area contributed by atoms with Gasteiger partial charge in [0, 0.05) is 6.04 Å². The number of rotatable bonds is 9. The molecule has 0 aliphatic carbocycles. The fraction of sp³-hybridized carbons (Fsp3) is 0.909. The summed E-state index contributed by atoms with van der Waals surface area (Å²) in [4.78, 5) is 10.2. The van der Waals surface area contributed by atoms with E-state index in [-0.39, 0.29) is 0 Å². The van der Waals surface area contributed by atoms with E-state index in [0.29, 0.717) is 6.04 Å². The molecule has 2 heteroatoms. The molecule has 1 amide bonds. The Morgan fingerprint density at radius 1 is 1.08 bits per heavy atom. The van der Waals surface area contributed by atoms with Gasteiger partial charge in [-0.15, -0.1) is 0 Å². The van der Waals surface area contributed by atoms with E-state index < -0.39 is 0 Å². The Hall–Kier alpha value is -0.530. The van der Waals surface area contributed by atoms with E-state index in [0.717, 1.165) is 12.8 Å². The third-order valence-electron chi connectivity index (χ3n) is 2.33. The van der Waals surface area contributed by atoms with Crippen molar-refractivity contribution in [3.63, 3.8) is 0 Å². The topological polar surface area (TPSA) is 29.1 Å². The zero-order chi connectivity index (χ0) is 9.94. The smallest absolute Gasteiger partial charge is 0.309 e. The number of hydrogen-bond donors (Lipinski definition) is 1. The minimum atomic E-state index is 0.365. The third kappa shape index (κ3) is 7.82. The predicted octanol–water partition coefficient (Wildman–Crippen LogP) is 2.78. The molecule has 0 heterocycles. The van der Waals surface area contributed by atoms with Crippen LogP contribution in [0, 0.1) is 0 Å². The Kier molecular flexibility index (Phi) is 9.17. The van der Waals surface area contributed by atoms with E-state index in [1.54, 1.807) is 6.41 Å². The number of unbranched alkanes of at least 4 members (excludes halogenated alkanes) is 3.